The number of fused-ring (bicyclic) bond motifs is 1. The third-order valence-corrected chi connectivity index (χ3v) is 5.20. The van der Waals surface area contributed by atoms with E-state index >= 15 is 0 Å². The lowest BCUT2D eigenvalue weighted by Gasteiger charge is -2.35. The first-order chi connectivity index (χ1) is 12.4. The van der Waals surface area contributed by atoms with E-state index in [4.69, 9.17) is 4.74 Å². The third kappa shape index (κ3) is 3.70. The molecule has 1 aliphatic heterocycles. The minimum absolute atomic E-state index is 0.235. The minimum atomic E-state index is -0.303. The molecule has 1 fully saturated rings. The number of piperidine rings is 1. The van der Waals surface area contributed by atoms with E-state index in [9.17, 15) is 4.79 Å². The predicted octanol–water partition coefficient (Wildman–Crippen LogP) is 3.18. The van der Waals surface area contributed by atoms with Crippen molar-refractivity contribution >= 4 is 22.6 Å². The zero-order valence-corrected chi connectivity index (χ0v) is 16.5. The molecule has 142 valence electrons. The highest BCUT2D eigenvalue weighted by atomic mass is 16.5. The van der Waals surface area contributed by atoms with Crippen molar-refractivity contribution in [2.24, 2.45) is 5.92 Å². The van der Waals surface area contributed by atoms with Gasteiger partial charge in [0.1, 0.15) is 0 Å². The molecule has 1 aliphatic rings. The molecular weight excluding hydrogens is 328 g/mol. The van der Waals surface area contributed by atoms with Gasteiger partial charge in [0.2, 0.25) is 0 Å². The second-order valence-corrected chi connectivity index (χ2v) is 7.79. The van der Waals surface area contributed by atoms with Crippen LogP contribution in [0.5, 0.6) is 0 Å². The summed E-state index contributed by atoms with van der Waals surface area (Å²) in [7, 11) is 5.70. The van der Waals surface area contributed by atoms with Gasteiger partial charge < -0.3 is 14.5 Å². The number of esters is 1. The van der Waals surface area contributed by atoms with Crippen molar-refractivity contribution in [1.29, 1.82) is 0 Å². The molecular formula is C20H30N4O2. The van der Waals surface area contributed by atoms with Crippen LogP contribution in [-0.2, 0) is 4.74 Å². The molecule has 1 saturated heterocycles. The van der Waals surface area contributed by atoms with Crippen LogP contribution >= 0.6 is 0 Å². The number of aromatic nitrogens is 2. The van der Waals surface area contributed by atoms with E-state index in [0.717, 1.165) is 42.1 Å². The van der Waals surface area contributed by atoms with Crippen molar-refractivity contribution in [3.8, 4) is 0 Å². The Balaban J connectivity index is 1.93. The minimum Gasteiger partial charge on any atom is -0.465 e. The van der Waals surface area contributed by atoms with Crippen molar-refractivity contribution in [3.63, 3.8) is 0 Å². The molecule has 2 aromatic rings. The van der Waals surface area contributed by atoms with Gasteiger partial charge in [0, 0.05) is 36.7 Å². The summed E-state index contributed by atoms with van der Waals surface area (Å²) in [5.74, 6) is 0.439. The van der Waals surface area contributed by atoms with E-state index in [2.05, 4.69) is 48.9 Å². The topological polar surface area (TPSA) is 50.6 Å². The van der Waals surface area contributed by atoms with Crippen LogP contribution in [0.4, 0.5) is 5.69 Å². The summed E-state index contributed by atoms with van der Waals surface area (Å²) in [6.45, 7) is 7.37. The predicted molar refractivity (Wildman–Crippen MR) is 105 cm³/mol. The second kappa shape index (κ2) is 7.66. The van der Waals surface area contributed by atoms with Crippen LogP contribution in [0.25, 0.3) is 10.9 Å². The largest absolute Gasteiger partial charge is 0.465 e. The normalized spacial score (nSPS) is 16.0. The number of hydrogen-bond acceptors (Lipinski definition) is 5. The summed E-state index contributed by atoms with van der Waals surface area (Å²) in [6, 6.07) is 4.37. The van der Waals surface area contributed by atoms with Crippen LogP contribution in [-0.4, -0.2) is 61.5 Å². The average Bonchev–Trinajstić information content (AvgIpc) is 3.04. The Morgan fingerprint density at radius 1 is 1.31 bits per heavy atom. The molecule has 1 aromatic carbocycles. The number of rotatable bonds is 5. The number of nitrogens with zero attached hydrogens (tertiary/aromatic N) is 4. The number of carbonyl (C=O) groups is 1. The fraction of sp³-hybridized carbons (Fsp3) is 0.600. The van der Waals surface area contributed by atoms with Gasteiger partial charge in [0.05, 0.1) is 24.4 Å². The monoisotopic (exact) mass is 358 g/mol. The number of hydrogen-bond donors (Lipinski definition) is 0. The smallest absolute Gasteiger partial charge is 0.338 e. The molecule has 6 heteroatoms. The zero-order valence-electron chi connectivity index (χ0n) is 16.5. The van der Waals surface area contributed by atoms with E-state index in [1.807, 2.05) is 10.7 Å². The van der Waals surface area contributed by atoms with Crippen molar-refractivity contribution in [3.05, 3.63) is 23.9 Å². The van der Waals surface area contributed by atoms with Crippen LogP contribution in [0.2, 0.25) is 0 Å². The highest BCUT2D eigenvalue weighted by Crippen LogP contribution is 2.31. The third-order valence-electron chi connectivity index (χ3n) is 5.20. The van der Waals surface area contributed by atoms with Gasteiger partial charge >= 0.3 is 5.97 Å². The Morgan fingerprint density at radius 3 is 2.58 bits per heavy atom. The molecule has 0 amide bonds. The summed E-state index contributed by atoms with van der Waals surface area (Å²) in [5.41, 5.74) is 2.68. The van der Waals surface area contributed by atoms with Gasteiger partial charge in [-0.2, -0.15) is 5.10 Å². The van der Waals surface area contributed by atoms with E-state index in [-0.39, 0.29) is 12.0 Å². The lowest BCUT2D eigenvalue weighted by atomic mass is 9.95. The Labute approximate surface area is 155 Å². The number of benzene rings is 1. The lowest BCUT2D eigenvalue weighted by molar-refractivity contribution is 0.0603. The molecule has 3 rings (SSSR count). The summed E-state index contributed by atoms with van der Waals surface area (Å²) < 4.78 is 6.99. The number of anilines is 1. The molecule has 0 bridgehead atoms. The summed E-state index contributed by atoms with van der Waals surface area (Å²) in [6.07, 6.45) is 4.12. The van der Waals surface area contributed by atoms with Gasteiger partial charge in [0.25, 0.3) is 0 Å². The number of carbonyl (C=O) groups excluding carboxylic acids is 1. The molecule has 0 spiro atoms. The van der Waals surface area contributed by atoms with Gasteiger partial charge in [-0.15, -0.1) is 0 Å². The van der Waals surface area contributed by atoms with E-state index < -0.39 is 0 Å². The van der Waals surface area contributed by atoms with Gasteiger partial charge in [0.15, 0.2) is 0 Å². The van der Waals surface area contributed by atoms with Crippen LogP contribution in [0.3, 0.4) is 0 Å². The van der Waals surface area contributed by atoms with Gasteiger partial charge in [-0.3, -0.25) is 4.68 Å². The van der Waals surface area contributed by atoms with Crippen molar-refractivity contribution in [1.82, 2.24) is 14.7 Å². The summed E-state index contributed by atoms with van der Waals surface area (Å²) in [5, 5.41) is 5.35. The van der Waals surface area contributed by atoms with Gasteiger partial charge in [-0.05, 0) is 58.8 Å². The van der Waals surface area contributed by atoms with Crippen molar-refractivity contribution in [2.75, 3.05) is 45.7 Å². The Morgan fingerprint density at radius 2 is 2.00 bits per heavy atom. The maximum absolute atomic E-state index is 12.3. The molecule has 0 radical (unpaired) electrons. The van der Waals surface area contributed by atoms with E-state index in [0.29, 0.717) is 5.56 Å². The van der Waals surface area contributed by atoms with Crippen LogP contribution in [0, 0.1) is 5.92 Å². The Hall–Kier alpha value is -2.08. The Bertz CT molecular complexity index is 773. The molecule has 0 unspecified atom stereocenters. The maximum Gasteiger partial charge on any atom is 0.338 e. The van der Waals surface area contributed by atoms with Gasteiger partial charge in [-0.25, -0.2) is 4.79 Å². The Kier molecular flexibility index (Phi) is 5.51. The first-order valence-corrected chi connectivity index (χ1v) is 9.40. The van der Waals surface area contributed by atoms with E-state index in [1.54, 1.807) is 6.20 Å². The average molecular weight is 358 g/mol. The number of methoxy groups -OCH3 is 1. The second-order valence-electron chi connectivity index (χ2n) is 7.79. The SMILES string of the molecule is COC(=O)c1cc(N2CCC(CN(C)C)CC2)cc2c1cnn2C(C)C. The molecule has 0 atom stereocenters. The van der Waals surface area contributed by atoms with Crippen molar-refractivity contribution in [2.45, 2.75) is 32.7 Å². The quantitative estimate of drug-likeness (QED) is 0.769. The molecule has 26 heavy (non-hydrogen) atoms. The fourth-order valence-electron chi connectivity index (χ4n) is 3.89. The molecule has 2 heterocycles. The molecule has 0 saturated carbocycles. The highest BCUT2D eigenvalue weighted by molar-refractivity contribution is 6.05. The molecule has 6 nitrogen and oxygen atoms in total. The molecule has 1 aromatic heterocycles. The van der Waals surface area contributed by atoms with Crippen molar-refractivity contribution < 1.29 is 9.53 Å². The molecule has 0 aliphatic carbocycles. The van der Waals surface area contributed by atoms with E-state index in [1.165, 1.54) is 20.0 Å². The number of ether oxygens (including phenoxy) is 1. The highest BCUT2D eigenvalue weighted by Gasteiger charge is 2.23. The lowest BCUT2D eigenvalue weighted by Crippen LogP contribution is -2.37. The zero-order chi connectivity index (χ0) is 18.8. The maximum atomic E-state index is 12.3. The van der Waals surface area contributed by atoms with Gasteiger partial charge in [-0.1, -0.05) is 0 Å². The van der Waals surface area contributed by atoms with Crippen LogP contribution in [0.15, 0.2) is 18.3 Å². The summed E-state index contributed by atoms with van der Waals surface area (Å²) in [4.78, 5) is 17.0. The van der Waals surface area contributed by atoms with Crippen LogP contribution < -0.4 is 4.90 Å². The first kappa shape index (κ1) is 18.7. The fourth-order valence-corrected chi connectivity index (χ4v) is 3.89. The molecule has 0 N–H and O–H groups in total. The standard InChI is InChI=1S/C20H30N4O2/c1-14(2)24-19-11-16(10-17(20(25)26-5)18(19)12-21-24)23-8-6-15(7-9-23)13-22(3)4/h10-12,14-15H,6-9,13H2,1-5H3. The van der Waals surface area contributed by atoms with Crippen LogP contribution in [0.1, 0.15) is 43.1 Å². The summed E-state index contributed by atoms with van der Waals surface area (Å²) >= 11 is 0. The first-order valence-electron chi connectivity index (χ1n) is 9.40.